The molecule has 0 radical (unpaired) electrons. The number of hydrogen-bond donors (Lipinski definition) is 2. The summed E-state index contributed by atoms with van der Waals surface area (Å²) in [5.74, 6) is -2.33. The van der Waals surface area contributed by atoms with Crippen molar-refractivity contribution in [3.8, 4) is 0 Å². The number of nitrogens with zero attached hydrogens (tertiary/aromatic N) is 1. The molecular formula is C25H26FN3O4S. The molecule has 0 saturated carbocycles. The number of carbonyl (C=O) groups excluding carboxylic acids is 4. The molecule has 0 spiro atoms. The molecule has 2 aromatic rings. The summed E-state index contributed by atoms with van der Waals surface area (Å²) < 4.78 is 13.6. The molecule has 2 N–H and O–H groups in total. The average molecular weight is 484 g/mol. The Morgan fingerprint density at radius 3 is 2.35 bits per heavy atom. The Kier molecular flexibility index (Phi) is 7.88. The molecule has 0 aromatic heterocycles. The van der Waals surface area contributed by atoms with Crippen molar-refractivity contribution < 1.29 is 23.6 Å². The van der Waals surface area contributed by atoms with E-state index in [1.165, 1.54) is 23.8 Å². The Morgan fingerprint density at radius 2 is 1.71 bits per heavy atom. The van der Waals surface area contributed by atoms with Crippen LogP contribution in [-0.4, -0.2) is 47.5 Å². The summed E-state index contributed by atoms with van der Waals surface area (Å²) in [7, 11) is 0. The van der Waals surface area contributed by atoms with Crippen molar-refractivity contribution in [2.24, 2.45) is 0 Å². The minimum atomic E-state index is -0.708. The SMILES string of the molecule is CC(C)(C)c1ccc(/C=C2\SC(=O)N(CCNC(=O)CNC(=O)c3ccccc3F)C2=O)cc1. The second-order valence-corrected chi connectivity index (χ2v) is 9.71. The van der Waals surface area contributed by atoms with Crippen LogP contribution in [-0.2, 0) is 15.0 Å². The highest BCUT2D eigenvalue weighted by molar-refractivity contribution is 8.18. The summed E-state index contributed by atoms with van der Waals surface area (Å²) >= 11 is 0.852. The standard InChI is InChI=1S/C25H26FN3O4S/c1-25(2,3)17-10-8-16(9-11-17)14-20-23(32)29(24(33)34-20)13-12-27-21(30)15-28-22(31)18-6-4-5-7-19(18)26/h4-11,14H,12-13,15H2,1-3H3,(H,27,30)(H,28,31)/b20-14-. The number of nitrogens with one attached hydrogen (secondary N) is 2. The third kappa shape index (κ3) is 6.32. The van der Waals surface area contributed by atoms with Gasteiger partial charge in [0.2, 0.25) is 5.91 Å². The van der Waals surface area contributed by atoms with Crippen LogP contribution in [0.3, 0.4) is 0 Å². The van der Waals surface area contributed by atoms with Gasteiger partial charge in [-0.3, -0.25) is 24.1 Å². The zero-order valence-corrected chi connectivity index (χ0v) is 20.0. The van der Waals surface area contributed by atoms with E-state index in [9.17, 15) is 23.6 Å². The number of imide groups is 1. The Morgan fingerprint density at radius 1 is 1.03 bits per heavy atom. The van der Waals surface area contributed by atoms with Crippen LogP contribution in [0.25, 0.3) is 6.08 Å². The van der Waals surface area contributed by atoms with Crippen LogP contribution < -0.4 is 10.6 Å². The lowest BCUT2D eigenvalue weighted by Crippen LogP contribution is -2.41. The molecule has 34 heavy (non-hydrogen) atoms. The molecule has 4 amide bonds. The second kappa shape index (κ2) is 10.6. The zero-order valence-electron chi connectivity index (χ0n) is 19.2. The molecule has 2 aromatic carbocycles. The van der Waals surface area contributed by atoms with Crippen molar-refractivity contribution in [1.29, 1.82) is 0 Å². The first-order chi connectivity index (χ1) is 16.1. The molecule has 1 aliphatic heterocycles. The van der Waals surface area contributed by atoms with Crippen molar-refractivity contribution >= 4 is 40.8 Å². The molecule has 9 heteroatoms. The topological polar surface area (TPSA) is 95.6 Å². The van der Waals surface area contributed by atoms with E-state index in [2.05, 4.69) is 31.4 Å². The Bertz CT molecular complexity index is 1140. The summed E-state index contributed by atoms with van der Waals surface area (Å²) in [6.07, 6.45) is 1.67. The van der Waals surface area contributed by atoms with E-state index in [0.717, 1.165) is 28.3 Å². The van der Waals surface area contributed by atoms with Crippen LogP contribution in [0.5, 0.6) is 0 Å². The highest BCUT2D eigenvalue weighted by Crippen LogP contribution is 2.32. The number of carbonyl (C=O) groups is 4. The van der Waals surface area contributed by atoms with Gasteiger partial charge in [-0.25, -0.2) is 4.39 Å². The smallest absolute Gasteiger partial charge is 0.293 e. The van der Waals surface area contributed by atoms with Crippen molar-refractivity contribution in [2.75, 3.05) is 19.6 Å². The molecule has 178 valence electrons. The van der Waals surface area contributed by atoms with Crippen LogP contribution in [0.2, 0.25) is 0 Å². The fourth-order valence-corrected chi connectivity index (χ4v) is 4.06. The monoisotopic (exact) mass is 483 g/mol. The van der Waals surface area contributed by atoms with Crippen molar-refractivity contribution in [3.63, 3.8) is 0 Å². The van der Waals surface area contributed by atoms with Gasteiger partial charge >= 0.3 is 0 Å². The zero-order chi connectivity index (χ0) is 24.9. The molecule has 0 atom stereocenters. The van der Waals surface area contributed by atoms with E-state index in [1.54, 1.807) is 6.08 Å². The van der Waals surface area contributed by atoms with E-state index in [1.807, 2.05) is 24.3 Å². The van der Waals surface area contributed by atoms with E-state index in [0.29, 0.717) is 4.91 Å². The lowest BCUT2D eigenvalue weighted by molar-refractivity contribution is -0.124. The molecular weight excluding hydrogens is 457 g/mol. The quantitative estimate of drug-likeness (QED) is 0.586. The van der Waals surface area contributed by atoms with Gasteiger partial charge in [-0.2, -0.15) is 0 Å². The number of hydrogen-bond acceptors (Lipinski definition) is 5. The average Bonchev–Trinajstić information content (AvgIpc) is 3.05. The van der Waals surface area contributed by atoms with Gasteiger partial charge in [-0.05, 0) is 46.5 Å². The highest BCUT2D eigenvalue weighted by Gasteiger charge is 2.34. The maximum atomic E-state index is 13.6. The van der Waals surface area contributed by atoms with Gasteiger partial charge in [0, 0.05) is 13.1 Å². The van der Waals surface area contributed by atoms with E-state index in [4.69, 9.17) is 0 Å². The number of halogens is 1. The number of rotatable bonds is 7. The summed E-state index contributed by atoms with van der Waals surface area (Å²) in [6.45, 7) is 6.01. The van der Waals surface area contributed by atoms with Crippen molar-refractivity contribution in [1.82, 2.24) is 15.5 Å². The molecule has 1 saturated heterocycles. The molecule has 7 nitrogen and oxygen atoms in total. The Balaban J connectivity index is 1.49. The van der Waals surface area contributed by atoms with Crippen LogP contribution in [0.4, 0.5) is 9.18 Å². The first kappa shape index (κ1) is 25.2. The summed E-state index contributed by atoms with van der Waals surface area (Å²) in [4.78, 5) is 50.2. The lowest BCUT2D eigenvalue weighted by Gasteiger charge is -2.18. The summed E-state index contributed by atoms with van der Waals surface area (Å²) in [5, 5.41) is 4.45. The van der Waals surface area contributed by atoms with Gasteiger partial charge in [0.25, 0.3) is 17.1 Å². The minimum absolute atomic E-state index is 0.00202. The summed E-state index contributed by atoms with van der Waals surface area (Å²) in [6, 6.07) is 13.3. The van der Waals surface area contributed by atoms with Crippen LogP contribution >= 0.6 is 11.8 Å². The normalized spacial score (nSPS) is 15.1. The molecule has 0 aliphatic carbocycles. The van der Waals surface area contributed by atoms with Crippen LogP contribution in [0.1, 0.15) is 42.3 Å². The molecule has 3 rings (SSSR count). The van der Waals surface area contributed by atoms with Gasteiger partial charge in [0.15, 0.2) is 0 Å². The fourth-order valence-electron chi connectivity index (χ4n) is 3.19. The Labute approximate surface area is 201 Å². The number of benzene rings is 2. The molecule has 1 aliphatic rings. The van der Waals surface area contributed by atoms with Crippen LogP contribution in [0.15, 0.2) is 53.4 Å². The lowest BCUT2D eigenvalue weighted by atomic mass is 9.87. The first-order valence-electron chi connectivity index (χ1n) is 10.7. The van der Waals surface area contributed by atoms with Gasteiger partial charge in [0.05, 0.1) is 17.0 Å². The van der Waals surface area contributed by atoms with E-state index >= 15 is 0 Å². The molecule has 0 bridgehead atoms. The third-order valence-electron chi connectivity index (χ3n) is 5.13. The van der Waals surface area contributed by atoms with Crippen molar-refractivity contribution in [3.05, 3.63) is 75.9 Å². The second-order valence-electron chi connectivity index (χ2n) is 8.72. The number of amides is 4. The maximum absolute atomic E-state index is 13.6. The predicted molar refractivity (Wildman–Crippen MR) is 130 cm³/mol. The fraction of sp³-hybridized carbons (Fsp3) is 0.280. The third-order valence-corrected chi connectivity index (χ3v) is 6.04. The maximum Gasteiger partial charge on any atom is 0.293 e. The van der Waals surface area contributed by atoms with Gasteiger partial charge < -0.3 is 10.6 Å². The molecule has 1 heterocycles. The predicted octanol–water partition coefficient (Wildman–Crippen LogP) is 3.71. The number of thioether (sulfide) groups is 1. The van der Waals surface area contributed by atoms with Gasteiger partial charge in [-0.1, -0.05) is 57.2 Å². The van der Waals surface area contributed by atoms with E-state index < -0.39 is 28.8 Å². The minimum Gasteiger partial charge on any atom is -0.353 e. The highest BCUT2D eigenvalue weighted by atomic mass is 32.2. The van der Waals surface area contributed by atoms with Gasteiger partial charge in [-0.15, -0.1) is 0 Å². The van der Waals surface area contributed by atoms with Crippen molar-refractivity contribution in [2.45, 2.75) is 26.2 Å². The largest absolute Gasteiger partial charge is 0.353 e. The summed E-state index contributed by atoms with van der Waals surface area (Å²) in [5.41, 5.74) is 1.84. The van der Waals surface area contributed by atoms with Gasteiger partial charge in [0.1, 0.15) is 5.82 Å². The molecule has 0 unspecified atom stereocenters. The van der Waals surface area contributed by atoms with E-state index in [-0.39, 0.29) is 30.6 Å². The molecule has 1 fully saturated rings. The van der Waals surface area contributed by atoms with Crippen LogP contribution in [0, 0.1) is 5.82 Å². The Hall–Kier alpha value is -3.46. The first-order valence-corrected chi connectivity index (χ1v) is 11.5.